The molecule has 1 aromatic carbocycles. The van der Waals surface area contributed by atoms with E-state index in [-0.39, 0.29) is 0 Å². The third kappa shape index (κ3) is 5.09. The van der Waals surface area contributed by atoms with Gasteiger partial charge in [-0.1, -0.05) is 13.0 Å². The first-order chi connectivity index (χ1) is 8.27. The van der Waals surface area contributed by atoms with Crippen molar-refractivity contribution < 1.29 is 9.47 Å². The highest BCUT2D eigenvalue weighted by Gasteiger charge is 2.03. The molecule has 17 heavy (non-hydrogen) atoms. The van der Waals surface area contributed by atoms with E-state index in [1.165, 1.54) is 12.0 Å². The molecular weight excluding hydrogens is 214 g/mol. The van der Waals surface area contributed by atoms with Gasteiger partial charge in [0.15, 0.2) is 11.5 Å². The molecule has 1 rings (SSSR count). The molecule has 1 N–H and O–H groups in total. The number of aryl methyl sites for hydroxylation is 1. The third-order valence-corrected chi connectivity index (χ3v) is 2.50. The minimum absolute atomic E-state index is 0.718. The maximum Gasteiger partial charge on any atom is 0.161 e. The molecular formula is C14H23NO2. The van der Waals surface area contributed by atoms with Gasteiger partial charge in [-0.05, 0) is 50.6 Å². The summed E-state index contributed by atoms with van der Waals surface area (Å²) in [7, 11) is 1.67. The van der Waals surface area contributed by atoms with E-state index < -0.39 is 0 Å². The zero-order valence-corrected chi connectivity index (χ0v) is 11.1. The Balaban J connectivity index is 2.31. The molecule has 0 aliphatic carbocycles. The molecule has 0 amide bonds. The van der Waals surface area contributed by atoms with Crippen LogP contribution in [0.5, 0.6) is 11.5 Å². The first kappa shape index (κ1) is 13.8. The molecule has 0 aromatic heterocycles. The van der Waals surface area contributed by atoms with Crippen molar-refractivity contribution in [1.29, 1.82) is 0 Å². The largest absolute Gasteiger partial charge is 0.493 e. The lowest BCUT2D eigenvalue weighted by atomic mass is 10.2. The second kappa shape index (κ2) is 7.96. The normalized spacial score (nSPS) is 10.3. The van der Waals surface area contributed by atoms with E-state index in [9.17, 15) is 0 Å². The molecule has 0 heterocycles. The number of hydrogen-bond donors (Lipinski definition) is 1. The van der Waals surface area contributed by atoms with Crippen molar-refractivity contribution in [1.82, 2.24) is 5.32 Å². The Morgan fingerprint density at radius 2 is 2.00 bits per heavy atom. The van der Waals surface area contributed by atoms with Crippen LogP contribution in [0.25, 0.3) is 0 Å². The van der Waals surface area contributed by atoms with Crippen molar-refractivity contribution in [2.24, 2.45) is 0 Å². The average Bonchev–Trinajstić information content (AvgIpc) is 2.35. The van der Waals surface area contributed by atoms with E-state index in [0.717, 1.165) is 37.6 Å². The van der Waals surface area contributed by atoms with Crippen LogP contribution in [0, 0.1) is 6.92 Å². The quantitative estimate of drug-likeness (QED) is 0.705. The summed E-state index contributed by atoms with van der Waals surface area (Å²) in [6.07, 6.45) is 2.18. The number of nitrogens with one attached hydrogen (secondary N) is 1. The summed E-state index contributed by atoms with van der Waals surface area (Å²) in [5.74, 6) is 1.64. The number of hydrogen-bond acceptors (Lipinski definition) is 3. The molecule has 0 saturated carbocycles. The number of rotatable bonds is 8. The van der Waals surface area contributed by atoms with Crippen LogP contribution in [-0.4, -0.2) is 26.8 Å². The van der Waals surface area contributed by atoms with Crippen LogP contribution in [-0.2, 0) is 0 Å². The molecule has 0 bridgehead atoms. The molecule has 0 saturated heterocycles. The predicted octanol–water partition coefficient (Wildman–Crippen LogP) is 2.77. The predicted molar refractivity (Wildman–Crippen MR) is 71.0 cm³/mol. The average molecular weight is 237 g/mol. The molecule has 3 heteroatoms. The van der Waals surface area contributed by atoms with Gasteiger partial charge in [-0.2, -0.15) is 0 Å². The zero-order chi connectivity index (χ0) is 12.5. The fraction of sp³-hybridized carbons (Fsp3) is 0.571. The minimum atomic E-state index is 0.718. The van der Waals surface area contributed by atoms with Crippen molar-refractivity contribution in [3.05, 3.63) is 23.8 Å². The number of ether oxygens (including phenoxy) is 2. The monoisotopic (exact) mass is 237 g/mol. The van der Waals surface area contributed by atoms with Crippen molar-refractivity contribution >= 4 is 0 Å². The molecule has 0 spiro atoms. The smallest absolute Gasteiger partial charge is 0.161 e. The highest BCUT2D eigenvalue weighted by molar-refractivity contribution is 5.42. The van der Waals surface area contributed by atoms with Crippen LogP contribution in [0.15, 0.2) is 18.2 Å². The molecule has 0 aliphatic rings. The third-order valence-electron chi connectivity index (χ3n) is 2.50. The summed E-state index contributed by atoms with van der Waals surface area (Å²) in [4.78, 5) is 0. The van der Waals surface area contributed by atoms with Gasteiger partial charge in [-0.3, -0.25) is 0 Å². The van der Waals surface area contributed by atoms with Gasteiger partial charge < -0.3 is 14.8 Å². The molecule has 0 radical (unpaired) electrons. The summed E-state index contributed by atoms with van der Waals surface area (Å²) in [6.45, 7) is 7.01. The summed E-state index contributed by atoms with van der Waals surface area (Å²) in [5, 5.41) is 3.35. The molecule has 0 aliphatic heterocycles. The Kier molecular flexibility index (Phi) is 6.48. The minimum Gasteiger partial charge on any atom is -0.493 e. The first-order valence-corrected chi connectivity index (χ1v) is 6.26. The molecule has 0 atom stereocenters. The van der Waals surface area contributed by atoms with Gasteiger partial charge in [-0.15, -0.1) is 0 Å². The molecule has 0 unspecified atom stereocenters. The van der Waals surface area contributed by atoms with Crippen LogP contribution >= 0.6 is 0 Å². The van der Waals surface area contributed by atoms with E-state index >= 15 is 0 Å². The lowest BCUT2D eigenvalue weighted by molar-refractivity contribution is 0.287. The Labute approximate surface area is 104 Å². The Morgan fingerprint density at radius 3 is 2.71 bits per heavy atom. The van der Waals surface area contributed by atoms with Crippen LogP contribution < -0.4 is 14.8 Å². The van der Waals surface area contributed by atoms with E-state index in [4.69, 9.17) is 9.47 Å². The molecule has 96 valence electrons. The maximum atomic E-state index is 5.70. The fourth-order valence-corrected chi connectivity index (χ4v) is 1.58. The highest BCUT2D eigenvalue weighted by atomic mass is 16.5. The molecule has 1 aromatic rings. The van der Waals surface area contributed by atoms with Crippen LogP contribution in [0.1, 0.15) is 25.3 Å². The molecule has 0 fully saturated rings. The number of methoxy groups -OCH3 is 1. The highest BCUT2D eigenvalue weighted by Crippen LogP contribution is 2.27. The van der Waals surface area contributed by atoms with Gasteiger partial charge in [0.2, 0.25) is 0 Å². The van der Waals surface area contributed by atoms with Gasteiger partial charge in [0.25, 0.3) is 0 Å². The Bertz CT molecular complexity index is 326. The lowest BCUT2D eigenvalue weighted by Gasteiger charge is -2.11. The van der Waals surface area contributed by atoms with E-state index in [2.05, 4.69) is 12.2 Å². The SMILES string of the molecule is CCCNCCCOc1ccc(C)cc1OC. The second-order valence-electron chi connectivity index (χ2n) is 4.11. The van der Waals surface area contributed by atoms with Crippen LogP contribution in [0.3, 0.4) is 0 Å². The summed E-state index contributed by atoms with van der Waals surface area (Å²) < 4.78 is 11.0. The van der Waals surface area contributed by atoms with Gasteiger partial charge in [0.1, 0.15) is 0 Å². The van der Waals surface area contributed by atoms with Crippen LogP contribution in [0.2, 0.25) is 0 Å². The standard InChI is InChI=1S/C14H23NO2/c1-4-8-15-9-5-10-17-13-7-6-12(2)11-14(13)16-3/h6-7,11,15H,4-5,8-10H2,1-3H3. The van der Waals surface area contributed by atoms with Crippen LogP contribution in [0.4, 0.5) is 0 Å². The number of benzene rings is 1. The van der Waals surface area contributed by atoms with Gasteiger partial charge >= 0.3 is 0 Å². The first-order valence-electron chi connectivity index (χ1n) is 6.26. The zero-order valence-electron chi connectivity index (χ0n) is 11.1. The van der Waals surface area contributed by atoms with E-state index in [1.807, 2.05) is 25.1 Å². The molecule has 3 nitrogen and oxygen atoms in total. The van der Waals surface area contributed by atoms with Crippen molar-refractivity contribution in [3.8, 4) is 11.5 Å². The van der Waals surface area contributed by atoms with E-state index in [1.54, 1.807) is 7.11 Å². The van der Waals surface area contributed by atoms with Gasteiger partial charge in [0.05, 0.1) is 13.7 Å². The summed E-state index contributed by atoms with van der Waals surface area (Å²) in [5.41, 5.74) is 1.18. The van der Waals surface area contributed by atoms with Gasteiger partial charge in [-0.25, -0.2) is 0 Å². The van der Waals surface area contributed by atoms with Crippen molar-refractivity contribution in [2.75, 3.05) is 26.8 Å². The summed E-state index contributed by atoms with van der Waals surface area (Å²) in [6, 6.07) is 5.99. The van der Waals surface area contributed by atoms with Gasteiger partial charge in [0, 0.05) is 0 Å². The second-order valence-corrected chi connectivity index (χ2v) is 4.11. The van der Waals surface area contributed by atoms with Crippen molar-refractivity contribution in [2.45, 2.75) is 26.7 Å². The summed E-state index contributed by atoms with van der Waals surface area (Å²) >= 11 is 0. The maximum absolute atomic E-state index is 5.70. The Morgan fingerprint density at radius 1 is 1.18 bits per heavy atom. The topological polar surface area (TPSA) is 30.5 Å². The lowest BCUT2D eigenvalue weighted by Crippen LogP contribution is -2.18. The van der Waals surface area contributed by atoms with Crippen molar-refractivity contribution in [3.63, 3.8) is 0 Å². The fourth-order valence-electron chi connectivity index (χ4n) is 1.58. The van der Waals surface area contributed by atoms with E-state index in [0.29, 0.717) is 0 Å². The Hall–Kier alpha value is -1.22.